The second-order valence-corrected chi connectivity index (χ2v) is 10.6. The second-order valence-electron chi connectivity index (χ2n) is 10.6. The lowest BCUT2D eigenvalue weighted by Crippen LogP contribution is -2.40. The van der Waals surface area contributed by atoms with E-state index in [0.717, 1.165) is 25.0 Å². The number of esters is 1. The molecule has 6 atom stereocenters. The number of hydrogen-bond donors (Lipinski definition) is 2. The molecule has 2 bridgehead atoms. The first-order chi connectivity index (χ1) is 19.0. The van der Waals surface area contributed by atoms with Crippen molar-refractivity contribution in [2.75, 3.05) is 6.79 Å². The Bertz CT molecular complexity index is 900. The van der Waals surface area contributed by atoms with E-state index in [1.165, 1.54) is 31.7 Å². The van der Waals surface area contributed by atoms with Gasteiger partial charge in [-0.25, -0.2) is 13.2 Å². The molecule has 1 aromatic rings. The summed E-state index contributed by atoms with van der Waals surface area (Å²) in [5.74, 6) is -0.771. The minimum absolute atomic E-state index is 0.134. The number of fused-ring (bicyclic) bond motifs is 2. The molecule has 0 aromatic heterocycles. The van der Waals surface area contributed by atoms with Crippen LogP contribution in [0.25, 0.3) is 0 Å². The lowest BCUT2D eigenvalue weighted by molar-refractivity contribution is -0.173. The summed E-state index contributed by atoms with van der Waals surface area (Å²) in [5.41, 5.74) is 5.66. The molecule has 0 radical (unpaired) electrons. The summed E-state index contributed by atoms with van der Waals surface area (Å²) in [5, 5.41) is 6.89. The van der Waals surface area contributed by atoms with E-state index in [-0.39, 0.29) is 49.3 Å². The van der Waals surface area contributed by atoms with Crippen molar-refractivity contribution in [1.82, 2.24) is 0 Å². The van der Waals surface area contributed by atoms with Crippen LogP contribution in [0.2, 0.25) is 0 Å². The Balaban J connectivity index is 0.000000345. The quantitative estimate of drug-likeness (QED) is 0.170. The monoisotopic (exact) mass is 575 g/mol. The predicted molar refractivity (Wildman–Crippen MR) is 143 cm³/mol. The van der Waals surface area contributed by atoms with Gasteiger partial charge in [-0.2, -0.15) is 0 Å². The van der Waals surface area contributed by atoms with Crippen molar-refractivity contribution in [2.24, 2.45) is 28.9 Å². The van der Waals surface area contributed by atoms with Crippen LogP contribution < -0.4 is 5.73 Å². The molecule has 0 aliphatic heterocycles. The molecule has 11 heteroatoms. The zero-order valence-corrected chi connectivity index (χ0v) is 23.8. The van der Waals surface area contributed by atoms with Crippen LogP contribution in [0.3, 0.4) is 0 Å². The van der Waals surface area contributed by atoms with Crippen LogP contribution in [0.1, 0.15) is 78.2 Å². The third-order valence-electron chi connectivity index (χ3n) is 7.44. The van der Waals surface area contributed by atoms with E-state index in [4.69, 9.17) is 25.1 Å². The minimum Gasteiger partial charge on any atom is -0.483 e. The van der Waals surface area contributed by atoms with Crippen LogP contribution in [-0.4, -0.2) is 49.1 Å². The predicted octanol–water partition coefficient (Wildman–Crippen LogP) is 5.55. The number of nitrogens with two attached hydrogens (primary N) is 1. The van der Waals surface area contributed by atoms with Crippen molar-refractivity contribution in [3.63, 3.8) is 0 Å². The van der Waals surface area contributed by atoms with Crippen molar-refractivity contribution < 1.29 is 46.9 Å². The summed E-state index contributed by atoms with van der Waals surface area (Å²) in [6.07, 6.45) is 6.35. The summed E-state index contributed by atoms with van der Waals surface area (Å²) in [4.78, 5) is 30.4. The van der Waals surface area contributed by atoms with Gasteiger partial charge in [-0.1, -0.05) is 39.2 Å². The Morgan fingerprint density at radius 3 is 2.25 bits per heavy atom. The highest BCUT2D eigenvalue weighted by Gasteiger charge is 2.48. The van der Waals surface area contributed by atoms with Gasteiger partial charge in [-0.15, -0.1) is 0 Å². The molecule has 0 heterocycles. The van der Waals surface area contributed by atoms with Crippen LogP contribution in [0.4, 0.5) is 13.2 Å². The number of hydrogen-bond acceptors (Lipinski definition) is 7. The van der Waals surface area contributed by atoms with Gasteiger partial charge in [0.25, 0.3) is 12.9 Å². The van der Waals surface area contributed by atoms with Crippen LogP contribution >= 0.6 is 0 Å². The van der Waals surface area contributed by atoms with Gasteiger partial charge >= 0.3 is 5.97 Å². The maximum atomic E-state index is 12.9. The number of halogens is 3. The molecule has 3 fully saturated rings. The molecule has 8 nitrogen and oxygen atoms in total. The Kier molecular flexibility index (Phi) is 15.8. The highest BCUT2D eigenvalue weighted by Crippen LogP contribution is 2.49. The summed E-state index contributed by atoms with van der Waals surface area (Å²) in [7, 11) is 0. The standard InChI is InChI=1S/C13H16F3NO.C13H20O4.C2H6.CH2O2/c1-7(4-9-12(16)13(9)17)18-6-8-2-3-10(14)11(15)5-8;1-13(12(15)17-9-16-8-14)6-10-3-2-4-11(5-10)7-13;1-2;2-1-3/h2-3,5,7,9,12-13H,4,6,17H2,1H3;8,10-11H,2-7,9H2,1H3;1-2H3;1H,(H,2,3)/t7-,9-,12?,13?;;;/m0.../s1. The largest absolute Gasteiger partial charge is 0.483 e. The Hall–Kier alpha value is -2.66. The van der Waals surface area contributed by atoms with Gasteiger partial charge in [-0.05, 0) is 69.1 Å². The SMILES string of the molecule is CC.CC1(C(=O)OCOC=O)CC2CCCC(C2)C1.C[C@@H](C[C@@H]1C(N)C1F)OCc1ccc(F)c(F)c1.O=CO. The van der Waals surface area contributed by atoms with Gasteiger partial charge in [-0.3, -0.25) is 14.4 Å². The van der Waals surface area contributed by atoms with Crippen molar-refractivity contribution >= 4 is 18.9 Å². The molecule has 3 aliphatic rings. The summed E-state index contributed by atoms with van der Waals surface area (Å²) < 4.78 is 53.4. The van der Waals surface area contributed by atoms with E-state index in [1.54, 1.807) is 0 Å². The van der Waals surface area contributed by atoms with Gasteiger partial charge < -0.3 is 25.1 Å². The molecule has 0 saturated heterocycles. The Labute approximate surface area is 234 Å². The summed E-state index contributed by atoms with van der Waals surface area (Å²) in [6, 6.07) is 3.25. The smallest absolute Gasteiger partial charge is 0.314 e. The third-order valence-corrected chi connectivity index (χ3v) is 7.44. The van der Waals surface area contributed by atoms with Crippen LogP contribution in [0.15, 0.2) is 18.2 Å². The molecule has 4 rings (SSSR count). The number of benzene rings is 1. The van der Waals surface area contributed by atoms with Crippen LogP contribution in [-0.2, 0) is 35.2 Å². The maximum Gasteiger partial charge on any atom is 0.314 e. The highest BCUT2D eigenvalue weighted by atomic mass is 19.2. The number of rotatable bonds is 9. The number of carbonyl (C=O) groups is 3. The van der Waals surface area contributed by atoms with E-state index < -0.39 is 17.8 Å². The third kappa shape index (κ3) is 11.4. The first kappa shape index (κ1) is 35.4. The molecular formula is C29H44F3NO7. The molecule has 1 aromatic carbocycles. The van der Waals surface area contributed by atoms with Crippen molar-refractivity contribution in [3.05, 3.63) is 35.4 Å². The van der Waals surface area contributed by atoms with E-state index in [2.05, 4.69) is 4.74 Å². The maximum absolute atomic E-state index is 12.9. The van der Waals surface area contributed by atoms with E-state index in [0.29, 0.717) is 30.3 Å². The van der Waals surface area contributed by atoms with Gasteiger partial charge in [0.1, 0.15) is 6.17 Å². The molecule has 228 valence electrons. The van der Waals surface area contributed by atoms with E-state index in [9.17, 15) is 22.8 Å². The summed E-state index contributed by atoms with van der Waals surface area (Å²) in [6.45, 7) is 7.77. The molecule has 0 spiro atoms. The lowest BCUT2D eigenvalue weighted by Gasteiger charge is -2.43. The molecule has 4 unspecified atom stereocenters. The molecular weight excluding hydrogens is 531 g/mol. The zero-order valence-electron chi connectivity index (χ0n) is 23.8. The fourth-order valence-electron chi connectivity index (χ4n) is 5.55. The first-order valence-electron chi connectivity index (χ1n) is 13.8. The van der Waals surface area contributed by atoms with Gasteiger partial charge in [0, 0.05) is 12.0 Å². The number of carbonyl (C=O) groups excluding carboxylic acids is 2. The average Bonchev–Trinajstić information content (AvgIpc) is 3.49. The van der Waals surface area contributed by atoms with Gasteiger partial charge in [0.15, 0.2) is 11.6 Å². The molecule has 40 heavy (non-hydrogen) atoms. The lowest BCUT2D eigenvalue weighted by atomic mass is 9.61. The molecule has 3 saturated carbocycles. The number of ether oxygens (including phenoxy) is 3. The normalized spacial score (nSPS) is 28.4. The average molecular weight is 576 g/mol. The van der Waals surface area contributed by atoms with E-state index >= 15 is 0 Å². The van der Waals surface area contributed by atoms with Crippen LogP contribution in [0.5, 0.6) is 0 Å². The zero-order chi connectivity index (χ0) is 30.3. The molecule has 3 aliphatic carbocycles. The van der Waals surface area contributed by atoms with Crippen molar-refractivity contribution in [2.45, 2.75) is 97.6 Å². The van der Waals surface area contributed by atoms with Crippen molar-refractivity contribution in [1.29, 1.82) is 0 Å². The number of alkyl halides is 1. The Morgan fingerprint density at radius 2 is 1.75 bits per heavy atom. The van der Waals surface area contributed by atoms with E-state index in [1.807, 2.05) is 27.7 Å². The van der Waals surface area contributed by atoms with Gasteiger partial charge in [0.2, 0.25) is 6.79 Å². The first-order valence-corrected chi connectivity index (χ1v) is 13.8. The number of carboxylic acid groups (broad SMARTS) is 1. The Morgan fingerprint density at radius 1 is 1.18 bits per heavy atom. The topological polar surface area (TPSA) is 125 Å². The molecule has 0 amide bonds. The fourth-order valence-corrected chi connectivity index (χ4v) is 5.55. The van der Waals surface area contributed by atoms with Gasteiger partial charge in [0.05, 0.1) is 18.1 Å². The fraction of sp³-hybridized carbons (Fsp3) is 0.690. The highest BCUT2D eigenvalue weighted by molar-refractivity contribution is 5.76. The van der Waals surface area contributed by atoms with Crippen LogP contribution in [0, 0.1) is 34.8 Å². The molecule has 3 N–H and O–H groups in total. The second kappa shape index (κ2) is 17.9. The minimum atomic E-state index is -0.931. The van der Waals surface area contributed by atoms with Crippen molar-refractivity contribution in [3.8, 4) is 0 Å². The summed E-state index contributed by atoms with van der Waals surface area (Å²) >= 11 is 0.